The molecule has 8 heteroatoms. The van der Waals surface area contributed by atoms with Gasteiger partial charge in [0.15, 0.2) is 0 Å². The molecule has 0 saturated heterocycles. The minimum Gasteiger partial charge on any atom is -0.292 e. The monoisotopic (exact) mass is 310 g/mol. The molecule has 7 nitrogen and oxygen atoms in total. The topological polar surface area (TPSA) is 103 Å². The number of halogens is 1. The standard InChI is InChI=1S/C14H15FN2O5/c15-12-6-2-1-5-10(12)11(9-16(19)20)14(17(21)22)8-4-3-7-13(14)18/h1-2,5-6,11H,3-4,7-9H2/t11-,14+/m1/s1. The summed E-state index contributed by atoms with van der Waals surface area (Å²) in [4.78, 5) is 33.4. The van der Waals surface area contributed by atoms with Crippen LogP contribution in [0.4, 0.5) is 4.39 Å². The fourth-order valence-electron chi connectivity index (χ4n) is 3.14. The predicted octanol–water partition coefficient (Wildman–Crippen LogP) is 2.34. The summed E-state index contributed by atoms with van der Waals surface area (Å²) in [7, 11) is 0. The van der Waals surface area contributed by atoms with Crippen LogP contribution >= 0.6 is 0 Å². The van der Waals surface area contributed by atoms with Gasteiger partial charge in [-0.2, -0.15) is 0 Å². The van der Waals surface area contributed by atoms with Crippen molar-refractivity contribution >= 4 is 5.78 Å². The van der Waals surface area contributed by atoms with Crippen LogP contribution in [0.25, 0.3) is 0 Å². The van der Waals surface area contributed by atoms with Crippen molar-refractivity contribution in [1.29, 1.82) is 0 Å². The van der Waals surface area contributed by atoms with Crippen LogP contribution in [0.2, 0.25) is 0 Å². The van der Waals surface area contributed by atoms with E-state index < -0.39 is 39.4 Å². The van der Waals surface area contributed by atoms with Crippen LogP contribution < -0.4 is 0 Å². The molecule has 0 N–H and O–H groups in total. The van der Waals surface area contributed by atoms with Crippen molar-refractivity contribution in [1.82, 2.24) is 0 Å². The molecule has 2 rings (SSSR count). The van der Waals surface area contributed by atoms with Crippen LogP contribution in [0.3, 0.4) is 0 Å². The second-order valence-electron chi connectivity index (χ2n) is 5.40. The van der Waals surface area contributed by atoms with Crippen molar-refractivity contribution < 1.29 is 19.0 Å². The van der Waals surface area contributed by atoms with Crippen molar-refractivity contribution in [3.8, 4) is 0 Å². The molecule has 0 aromatic heterocycles. The molecule has 0 amide bonds. The van der Waals surface area contributed by atoms with Crippen molar-refractivity contribution in [2.24, 2.45) is 0 Å². The van der Waals surface area contributed by atoms with Gasteiger partial charge in [-0.25, -0.2) is 4.39 Å². The first-order valence-corrected chi connectivity index (χ1v) is 6.93. The number of nitro groups is 2. The Morgan fingerprint density at radius 1 is 1.23 bits per heavy atom. The highest BCUT2D eigenvalue weighted by molar-refractivity contribution is 5.89. The van der Waals surface area contributed by atoms with Gasteiger partial charge in [0.05, 0.1) is 0 Å². The van der Waals surface area contributed by atoms with Crippen LogP contribution in [0.1, 0.15) is 37.2 Å². The Bertz CT molecular complexity index is 621. The molecule has 0 bridgehead atoms. The Balaban J connectivity index is 2.60. The summed E-state index contributed by atoms with van der Waals surface area (Å²) in [5.74, 6) is -2.83. The number of carbonyl (C=O) groups is 1. The summed E-state index contributed by atoms with van der Waals surface area (Å²) in [6.07, 6.45) is 0.807. The summed E-state index contributed by atoms with van der Waals surface area (Å²) >= 11 is 0. The second-order valence-corrected chi connectivity index (χ2v) is 5.40. The van der Waals surface area contributed by atoms with Crippen molar-refractivity contribution in [2.45, 2.75) is 37.1 Å². The average molecular weight is 310 g/mol. The Hall–Kier alpha value is -2.38. The highest BCUT2D eigenvalue weighted by Crippen LogP contribution is 2.41. The van der Waals surface area contributed by atoms with E-state index in [2.05, 4.69) is 0 Å². The normalized spacial score (nSPS) is 23.0. The van der Waals surface area contributed by atoms with Gasteiger partial charge in [0, 0.05) is 28.3 Å². The molecule has 0 unspecified atom stereocenters. The smallest absolute Gasteiger partial charge is 0.292 e. The lowest BCUT2D eigenvalue weighted by atomic mass is 9.69. The van der Waals surface area contributed by atoms with Crippen molar-refractivity contribution in [3.63, 3.8) is 0 Å². The van der Waals surface area contributed by atoms with E-state index in [4.69, 9.17) is 0 Å². The van der Waals surface area contributed by atoms with Gasteiger partial charge >= 0.3 is 0 Å². The van der Waals surface area contributed by atoms with E-state index in [-0.39, 0.29) is 18.4 Å². The maximum atomic E-state index is 14.0. The number of hydrogen-bond acceptors (Lipinski definition) is 5. The molecule has 1 fully saturated rings. The predicted molar refractivity (Wildman–Crippen MR) is 74.2 cm³/mol. The van der Waals surface area contributed by atoms with Gasteiger partial charge in [0.25, 0.3) is 5.54 Å². The highest BCUT2D eigenvalue weighted by atomic mass is 19.1. The maximum absolute atomic E-state index is 14.0. The lowest BCUT2D eigenvalue weighted by Crippen LogP contribution is -2.55. The summed E-state index contributed by atoms with van der Waals surface area (Å²) in [6, 6.07) is 5.20. The molecule has 2 atom stereocenters. The third-order valence-corrected chi connectivity index (χ3v) is 4.21. The summed E-state index contributed by atoms with van der Waals surface area (Å²) in [6.45, 7) is -0.854. The van der Waals surface area contributed by atoms with Crippen LogP contribution in [-0.4, -0.2) is 27.7 Å². The zero-order valence-corrected chi connectivity index (χ0v) is 11.7. The van der Waals surface area contributed by atoms with E-state index in [1.807, 2.05) is 0 Å². The quantitative estimate of drug-likeness (QED) is 0.613. The van der Waals surface area contributed by atoms with E-state index in [1.54, 1.807) is 0 Å². The largest absolute Gasteiger partial charge is 0.292 e. The molecule has 118 valence electrons. The first-order chi connectivity index (χ1) is 10.4. The molecular formula is C14H15FN2O5. The average Bonchev–Trinajstić information content (AvgIpc) is 2.46. The molecule has 1 aromatic rings. The minimum absolute atomic E-state index is 0.0103. The van der Waals surface area contributed by atoms with Gasteiger partial charge in [-0.05, 0) is 18.9 Å². The second kappa shape index (κ2) is 6.17. The van der Waals surface area contributed by atoms with Crippen molar-refractivity contribution in [3.05, 3.63) is 55.9 Å². The van der Waals surface area contributed by atoms with Gasteiger partial charge in [-0.1, -0.05) is 18.2 Å². The first kappa shape index (κ1) is 16.0. The number of Topliss-reactive ketones (excluding diaryl/α,β-unsaturated/α-hetero) is 1. The molecule has 1 aromatic carbocycles. The number of rotatable bonds is 5. The molecule has 0 heterocycles. The fraction of sp³-hybridized carbons (Fsp3) is 0.500. The van der Waals surface area contributed by atoms with E-state index >= 15 is 0 Å². The lowest BCUT2D eigenvalue weighted by Gasteiger charge is -2.32. The third kappa shape index (κ3) is 2.68. The molecular weight excluding hydrogens is 295 g/mol. The lowest BCUT2D eigenvalue weighted by molar-refractivity contribution is -0.574. The Kier molecular flexibility index (Phi) is 4.48. The number of ketones is 1. The SMILES string of the molecule is O=C1CCCC[C@@]1([C@H](C[N+](=O)[O-])c1ccccc1F)[N+](=O)[O-]. The number of hydrogen-bond donors (Lipinski definition) is 0. The molecule has 0 radical (unpaired) electrons. The molecule has 1 aliphatic rings. The summed E-state index contributed by atoms with van der Waals surface area (Å²) in [5.41, 5.74) is -2.26. The maximum Gasteiger partial charge on any atom is 0.292 e. The van der Waals surface area contributed by atoms with Crippen LogP contribution in [0, 0.1) is 26.0 Å². The summed E-state index contributed by atoms with van der Waals surface area (Å²) < 4.78 is 14.0. The Labute approximate surface area is 125 Å². The number of benzene rings is 1. The Morgan fingerprint density at radius 2 is 1.91 bits per heavy atom. The van der Waals surface area contributed by atoms with Crippen molar-refractivity contribution in [2.75, 3.05) is 6.54 Å². The van der Waals surface area contributed by atoms with E-state index in [1.165, 1.54) is 18.2 Å². The number of nitrogens with zero attached hydrogens (tertiary/aromatic N) is 2. The van der Waals surface area contributed by atoms with Gasteiger partial charge in [-0.3, -0.25) is 25.0 Å². The molecule has 0 spiro atoms. The third-order valence-electron chi connectivity index (χ3n) is 4.21. The first-order valence-electron chi connectivity index (χ1n) is 6.93. The number of carbonyl (C=O) groups excluding carboxylic acids is 1. The zero-order valence-electron chi connectivity index (χ0n) is 11.7. The van der Waals surface area contributed by atoms with Gasteiger partial charge < -0.3 is 0 Å². The molecule has 1 aliphatic carbocycles. The molecule has 0 aliphatic heterocycles. The van der Waals surface area contributed by atoms with Crippen LogP contribution in [0.15, 0.2) is 24.3 Å². The van der Waals surface area contributed by atoms with E-state index in [0.29, 0.717) is 12.8 Å². The zero-order chi connectivity index (χ0) is 16.3. The van der Waals surface area contributed by atoms with Crippen LogP contribution in [0.5, 0.6) is 0 Å². The van der Waals surface area contributed by atoms with Gasteiger partial charge in [-0.15, -0.1) is 0 Å². The summed E-state index contributed by atoms with van der Waals surface area (Å²) in [5, 5.41) is 22.6. The van der Waals surface area contributed by atoms with Gasteiger partial charge in [0.1, 0.15) is 11.7 Å². The van der Waals surface area contributed by atoms with Crippen LogP contribution in [-0.2, 0) is 4.79 Å². The molecule has 22 heavy (non-hydrogen) atoms. The van der Waals surface area contributed by atoms with E-state index in [0.717, 1.165) is 6.07 Å². The molecule has 1 saturated carbocycles. The van der Waals surface area contributed by atoms with E-state index in [9.17, 15) is 29.4 Å². The Morgan fingerprint density at radius 3 is 2.45 bits per heavy atom. The van der Waals surface area contributed by atoms with Gasteiger partial charge in [0.2, 0.25) is 12.3 Å². The fourth-order valence-corrected chi connectivity index (χ4v) is 3.14. The minimum atomic E-state index is -2.12. The highest BCUT2D eigenvalue weighted by Gasteiger charge is 2.60.